The minimum atomic E-state index is -2.46. The van der Waals surface area contributed by atoms with Gasteiger partial charge in [0, 0.05) is 33.5 Å². The smallest absolute Gasteiger partial charge is 0.138 e. The second kappa shape index (κ2) is 12.2. The molecule has 0 aliphatic carbocycles. The molecule has 0 N–H and O–H groups in total. The Balaban J connectivity index is 1.25. The van der Waals surface area contributed by atoms with Gasteiger partial charge in [0.05, 0.1) is 28.1 Å². The Labute approximate surface area is 299 Å². The van der Waals surface area contributed by atoms with Gasteiger partial charge in [-0.25, -0.2) is 10.0 Å². The molecule has 1 aliphatic heterocycles. The topological polar surface area (TPSA) is 33.5 Å². The van der Waals surface area contributed by atoms with Gasteiger partial charge in [-0.2, -0.15) is 5.06 Å². The predicted molar refractivity (Wildman–Crippen MR) is 209 cm³/mol. The molecule has 0 bridgehead atoms. The Morgan fingerprint density at radius 2 is 1.34 bits per heavy atom. The van der Waals surface area contributed by atoms with E-state index < -0.39 is 12.4 Å². The molecule has 50 heavy (non-hydrogen) atoms. The molecule has 0 saturated carbocycles. The first-order valence-electron chi connectivity index (χ1n) is 19.0. The zero-order valence-electron chi connectivity index (χ0n) is 32.5. The van der Waals surface area contributed by atoms with Crippen LogP contribution in [0.4, 0.5) is 17.1 Å². The number of hydrogen-bond donors (Lipinski definition) is 0. The zero-order valence-corrected chi connectivity index (χ0v) is 29.5. The molecule has 0 amide bonds. The Hall–Kier alpha value is -5.39. The quantitative estimate of drug-likeness (QED) is 0.170. The maximum absolute atomic E-state index is 8.06. The van der Waals surface area contributed by atoms with E-state index in [1.807, 2.05) is 36.5 Å². The van der Waals surface area contributed by atoms with Crippen LogP contribution in [-0.2, 0) is 10.4 Å². The number of para-hydroxylation sites is 3. The predicted octanol–water partition coefficient (Wildman–Crippen LogP) is 11.9. The van der Waals surface area contributed by atoms with E-state index in [4.69, 9.17) is 14.0 Å². The van der Waals surface area contributed by atoms with E-state index in [0.717, 1.165) is 38.7 Å². The molecular formula is C45H44N4O. The van der Waals surface area contributed by atoms with Crippen LogP contribution < -0.4 is 10.1 Å². The van der Waals surface area contributed by atoms with E-state index in [1.54, 1.807) is 11.1 Å². The standard InChI is InChI=1S/C45H44N4O/c1-29(2)35-17-13-18-36(30(3)4)44(35)31-24-25-46-43(26-31)48-39-19-9-8-16-37(39)38-23-22-33(28-42(38)48)45(5,6)32-14-12-15-34(27-32)49-41-21-11-10-20-40(41)47(7)50-49/h8-30H,1-7H3/i7D3. The van der Waals surface area contributed by atoms with Crippen LogP contribution in [0.15, 0.2) is 128 Å². The van der Waals surface area contributed by atoms with E-state index in [-0.39, 0.29) is 0 Å². The first kappa shape index (κ1) is 28.4. The molecule has 0 unspecified atom stereocenters. The molecule has 0 saturated heterocycles. The van der Waals surface area contributed by atoms with Crippen molar-refractivity contribution in [3.8, 4) is 16.9 Å². The Kier molecular flexibility index (Phi) is 6.93. The van der Waals surface area contributed by atoms with E-state index in [0.29, 0.717) is 23.2 Å². The molecule has 3 heterocycles. The first-order chi connectivity index (χ1) is 25.3. The SMILES string of the molecule is [2H]C([2H])([2H])N1ON(c2cccc(C(C)(C)c3ccc4c5ccccc5n(-c5cc(-c6c(C(C)C)cccc6C(C)C)ccn5)c4c3)c2)c2ccccc21. The van der Waals surface area contributed by atoms with Gasteiger partial charge in [0.15, 0.2) is 0 Å². The summed E-state index contributed by atoms with van der Waals surface area (Å²) in [5.41, 5.74) is 11.1. The number of hydroxylamine groups is 1. The first-order valence-corrected chi connectivity index (χ1v) is 17.5. The fourth-order valence-electron chi connectivity index (χ4n) is 7.54. The van der Waals surface area contributed by atoms with Crippen LogP contribution in [0.1, 0.15) is 79.7 Å². The number of fused-ring (bicyclic) bond motifs is 4. The molecule has 0 spiro atoms. The second-order valence-corrected chi connectivity index (χ2v) is 14.4. The lowest BCUT2D eigenvalue weighted by Crippen LogP contribution is -2.22. The molecule has 5 aromatic carbocycles. The molecule has 7 aromatic rings. The van der Waals surface area contributed by atoms with Gasteiger partial charge in [-0.05, 0) is 93.7 Å². The molecule has 5 nitrogen and oxygen atoms in total. The number of hydrogen-bond acceptors (Lipinski definition) is 4. The molecule has 250 valence electrons. The van der Waals surface area contributed by atoms with Crippen molar-refractivity contribution in [2.45, 2.75) is 58.8 Å². The third-order valence-corrected chi connectivity index (χ3v) is 10.3. The van der Waals surface area contributed by atoms with Gasteiger partial charge in [-0.3, -0.25) is 4.57 Å². The van der Waals surface area contributed by atoms with Gasteiger partial charge in [-0.1, -0.05) is 114 Å². The maximum Gasteiger partial charge on any atom is 0.138 e. The fourth-order valence-corrected chi connectivity index (χ4v) is 7.54. The monoisotopic (exact) mass is 659 g/mol. The summed E-state index contributed by atoms with van der Waals surface area (Å²) in [5.74, 6) is 1.64. The summed E-state index contributed by atoms with van der Waals surface area (Å²) in [6.07, 6.45) is 1.94. The summed E-state index contributed by atoms with van der Waals surface area (Å²) < 4.78 is 26.5. The van der Waals surface area contributed by atoms with Gasteiger partial charge >= 0.3 is 0 Å². The van der Waals surface area contributed by atoms with E-state index in [9.17, 15) is 0 Å². The van der Waals surface area contributed by atoms with Crippen LogP contribution in [0.5, 0.6) is 0 Å². The zero-order chi connectivity index (χ0) is 37.2. The summed E-state index contributed by atoms with van der Waals surface area (Å²) in [4.78, 5) is 11.0. The molecule has 8 rings (SSSR count). The van der Waals surface area contributed by atoms with Crippen molar-refractivity contribution in [2.75, 3.05) is 17.1 Å². The average Bonchev–Trinajstić information content (AvgIpc) is 3.71. The fraction of sp³-hybridized carbons (Fsp3) is 0.222. The number of benzene rings is 5. The summed E-state index contributed by atoms with van der Waals surface area (Å²) in [7, 11) is 0. The van der Waals surface area contributed by atoms with Crippen LogP contribution in [0.3, 0.4) is 0 Å². The van der Waals surface area contributed by atoms with Crippen molar-refractivity contribution >= 4 is 38.9 Å². The molecule has 0 atom stereocenters. The third-order valence-electron chi connectivity index (χ3n) is 10.3. The summed E-state index contributed by atoms with van der Waals surface area (Å²) in [5, 5.41) is 4.94. The summed E-state index contributed by atoms with van der Waals surface area (Å²) in [6, 6.07) is 41.9. The molecule has 5 heteroatoms. The highest BCUT2D eigenvalue weighted by Gasteiger charge is 2.29. The van der Waals surface area contributed by atoms with Gasteiger partial charge in [-0.15, -0.1) is 4.94 Å². The molecule has 0 radical (unpaired) electrons. The van der Waals surface area contributed by atoms with Gasteiger partial charge in [0.2, 0.25) is 0 Å². The lowest BCUT2D eigenvalue weighted by molar-refractivity contribution is 0.142. The van der Waals surface area contributed by atoms with E-state index >= 15 is 0 Å². The number of pyridine rings is 1. The average molecular weight is 660 g/mol. The number of nitrogens with zero attached hydrogens (tertiary/aromatic N) is 4. The highest BCUT2D eigenvalue weighted by Crippen LogP contribution is 2.43. The van der Waals surface area contributed by atoms with E-state index in [1.165, 1.54) is 33.0 Å². The van der Waals surface area contributed by atoms with Crippen LogP contribution in [0.25, 0.3) is 38.8 Å². The molecular weight excluding hydrogens is 613 g/mol. The van der Waals surface area contributed by atoms with Crippen LogP contribution in [0.2, 0.25) is 0 Å². The molecule has 2 aromatic heterocycles. The highest BCUT2D eigenvalue weighted by atomic mass is 16.8. The van der Waals surface area contributed by atoms with Crippen LogP contribution in [-0.4, -0.2) is 16.5 Å². The van der Waals surface area contributed by atoms with Crippen LogP contribution in [0, 0.1) is 0 Å². The Bertz CT molecular complexity index is 2470. The van der Waals surface area contributed by atoms with Gasteiger partial charge in [0.1, 0.15) is 5.82 Å². The van der Waals surface area contributed by atoms with Crippen LogP contribution >= 0.6 is 0 Å². The summed E-state index contributed by atoms with van der Waals surface area (Å²) in [6.45, 7) is 11.0. The summed E-state index contributed by atoms with van der Waals surface area (Å²) >= 11 is 0. The number of aromatic nitrogens is 2. The molecule has 1 aliphatic rings. The maximum atomic E-state index is 8.06. The lowest BCUT2D eigenvalue weighted by atomic mass is 9.77. The van der Waals surface area contributed by atoms with E-state index in [2.05, 4.69) is 131 Å². The van der Waals surface area contributed by atoms with Crippen molar-refractivity contribution in [3.05, 3.63) is 150 Å². The van der Waals surface area contributed by atoms with Crippen molar-refractivity contribution in [1.82, 2.24) is 9.55 Å². The number of anilines is 3. The van der Waals surface area contributed by atoms with Gasteiger partial charge in [0.25, 0.3) is 0 Å². The van der Waals surface area contributed by atoms with Gasteiger partial charge < -0.3 is 0 Å². The van der Waals surface area contributed by atoms with Crippen molar-refractivity contribution in [3.63, 3.8) is 0 Å². The second-order valence-electron chi connectivity index (χ2n) is 14.4. The van der Waals surface area contributed by atoms with Crippen molar-refractivity contribution in [1.29, 1.82) is 0 Å². The highest BCUT2D eigenvalue weighted by molar-refractivity contribution is 6.09. The van der Waals surface area contributed by atoms with Crippen molar-refractivity contribution in [2.24, 2.45) is 0 Å². The number of rotatable bonds is 7. The minimum absolute atomic E-state index is 0.379. The largest absolute Gasteiger partial charge is 0.294 e. The normalized spacial score (nSPS) is 14.4. The Morgan fingerprint density at radius 3 is 2.10 bits per heavy atom. The molecule has 0 fully saturated rings. The lowest BCUT2D eigenvalue weighted by Gasteiger charge is -2.28. The Morgan fingerprint density at radius 1 is 0.660 bits per heavy atom. The van der Waals surface area contributed by atoms with Crippen molar-refractivity contribution < 1.29 is 9.05 Å². The third kappa shape index (κ3) is 5.16. The minimum Gasteiger partial charge on any atom is -0.294 e.